The molecule has 1 aromatic carbocycles. The molecule has 2 rings (SSSR count). The number of hydrogen-bond acceptors (Lipinski definition) is 2. The molecule has 1 saturated carbocycles. The molecule has 1 fully saturated rings. The van der Waals surface area contributed by atoms with E-state index in [9.17, 15) is 0 Å². The maximum Gasteiger partial charge on any atom is 0.124 e. The highest BCUT2D eigenvalue weighted by Crippen LogP contribution is 2.31. The van der Waals surface area contributed by atoms with Crippen LogP contribution >= 0.6 is 0 Å². The van der Waals surface area contributed by atoms with Crippen molar-refractivity contribution in [1.29, 1.82) is 0 Å². The zero-order valence-electron chi connectivity index (χ0n) is 11.8. The van der Waals surface area contributed by atoms with E-state index in [0.717, 1.165) is 17.2 Å². The van der Waals surface area contributed by atoms with Gasteiger partial charge in [0.15, 0.2) is 0 Å². The third-order valence-electron chi connectivity index (χ3n) is 3.84. The molecule has 1 aliphatic rings. The largest absolute Gasteiger partial charge is 0.490 e. The average Bonchev–Trinajstić information content (AvgIpc) is 2.28. The Labute approximate surface area is 111 Å². The molecule has 2 nitrogen and oxygen atoms in total. The first-order valence-corrected chi connectivity index (χ1v) is 7.09. The van der Waals surface area contributed by atoms with Crippen molar-refractivity contribution in [3.05, 3.63) is 29.3 Å². The Hall–Kier alpha value is -1.02. The maximum absolute atomic E-state index is 6.22. The van der Waals surface area contributed by atoms with Gasteiger partial charge in [-0.1, -0.05) is 25.5 Å². The minimum atomic E-state index is 0.0293. The topological polar surface area (TPSA) is 35.2 Å². The summed E-state index contributed by atoms with van der Waals surface area (Å²) in [5.41, 5.74) is 8.38. The second-order valence-electron chi connectivity index (χ2n) is 5.84. The van der Waals surface area contributed by atoms with Crippen molar-refractivity contribution in [2.45, 2.75) is 58.6 Å². The fourth-order valence-corrected chi connectivity index (χ4v) is 2.78. The quantitative estimate of drug-likeness (QED) is 0.877. The predicted octanol–water partition coefficient (Wildman–Crippen LogP) is 3.97. The molecule has 0 bridgehead atoms. The van der Waals surface area contributed by atoms with Gasteiger partial charge in [-0.05, 0) is 50.7 Å². The monoisotopic (exact) mass is 247 g/mol. The third kappa shape index (κ3) is 3.26. The molecule has 100 valence electrons. The van der Waals surface area contributed by atoms with E-state index in [2.05, 4.69) is 32.0 Å². The van der Waals surface area contributed by atoms with Crippen LogP contribution in [-0.2, 0) is 0 Å². The summed E-state index contributed by atoms with van der Waals surface area (Å²) < 4.78 is 6.22. The highest BCUT2D eigenvalue weighted by molar-refractivity contribution is 5.39. The summed E-state index contributed by atoms with van der Waals surface area (Å²) in [6.07, 6.45) is 5.34. The van der Waals surface area contributed by atoms with Gasteiger partial charge in [0.2, 0.25) is 0 Å². The molecule has 0 amide bonds. The molecule has 3 atom stereocenters. The van der Waals surface area contributed by atoms with Gasteiger partial charge < -0.3 is 10.5 Å². The van der Waals surface area contributed by atoms with E-state index in [4.69, 9.17) is 10.5 Å². The van der Waals surface area contributed by atoms with Crippen molar-refractivity contribution in [1.82, 2.24) is 0 Å². The number of aryl methyl sites for hydroxylation is 1. The molecular formula is C16H25NO. The fourth-order valence-electron chi connectivity index (χ4n) is 2.78. The van der Waals surface area contributed by atoms with Gasteiger partial charge in [0, 0.05) is 11.6 Å². The zero-order valence-corrected chi connectivity index (χ0v) is 11.8. The Kier molecular flexibility index (Phi) is 4.28. The maximum atomic E-state index is 6.22. The fraction of sp³-hybridized carbons (Fsp3) is 0.625. The highest BCUT2D eigenvalue weighted by atomic mass is 16.5. The lowest BCUT2D eigenvalue weighted by molar-refractivity contribution is 0.127. The lowest BCUT2D eigenvalue weighted by Crippen LogP contribution is -2.25. The average molecular weight is 247 g/mol. The standard InChI is InChI=1S/C16H25NO/c1-11-5-4-6-14(9-11)18-16-10-12(2)7-8-15(16)13(3)17/h7-8,10-11,13-14H,4-6,9,17H2,1-3H3/t11?,13-,14?/m1/s1. The van der Waals surface area contributed by atoms with E-state index in [1.807, 2.05) is 6.92 Å². The Bertz CT molecular complexity index is 400. The minimum Gasteiger partial charge on any atom is -0.490 e. The van der Waals surface area contributed by atoms with E-state index in [-0.39, 0.29) is 6.04 Å². The van der Waals surface area contributed by atoms with E-state index >= 15 is 0 Å². The molecule has 0 heterocycles. The van der Waals surface area contributed by atoms with Crippen molar-refractivity contribution in [3.63, 3.8) is 0 Å². The van der Waals surface area contributed by atoms with Crippen LogP contribution in [0.15, 0.2) is 18.2 Å². The van der Waals surface area contributed by atoms with Crippen molar-refractivity contribution in [2.24, 2.45) is 11.7 Å². The van der Waals surface area contributed by atoms with E-state index in [0.29, 0.717) is 6.10 Å². The first-order chi connectivity index (χ1) is 8.56. The molecule has 0 saturated heterocycles. The molecule has 2 N–H and O–H groups in total. The van der Waals surface area contributed by atoms with Gasteiger partial charge in [-0.25, -0.2) is 0 Å². The van der Waals surface area contributed by atoms with Crippen LogP contribution < -0.4 is 10.5 Å². The molecule has 2 unspecified atom stereocenters. The second-order valence-corrected chi connectivity index (χ2v) is 5.84. The van der Waals surface area contributed by atoms with Crippen molar-refractivity contribution < 1.29 is 4.74 Å². The summed E-state index contributed by atoms with van der Waals surface area (Å²) >= 11 is 0. The van der Waals surface area contributed by atoms with Gasteiger partial charge in [-0.2, -0.15) is 0 Å². The molecule has 2 heteroatoms. The Morgan fingerprint density at radius 1 is 1.33 bits per heavy atom. The first-order valence-electron chi connectivity index (χ1n) is 7.09. The lowest BCUT2D eigenvalue weighted by atomic mass is 9.88. The number of rotatable bonds is 3. The van der Waals surface area contributed by atoms with Crippen LogP contribution in [0.2, 0.25) is 0 Å². The zero-order chi connectivity index (χ0) is 13.1. The van der Waals surface area contributed by atoms with Gasteiger partial charge in [0.05, 0.1) is 6.10 Å². The van der Waals surface area contributed by atoms with Crippen molar-refractivity contribution >= 4 is 0 Å². The molecule has 1 aliphatic carbocycles. The Balaban J connectivity index is 2.14. The third-order valence-corrected chi connectivity index (χ3v) is 3.84. The molecule has 0 aromatic heterocycles. The van der Waals surface area contributed by atoms with E-state index in [1.54, 1.807) is 0 Å². The van der Waals surface area contributed by atoms with E-state index in [1.165, 1.54) is 31.2 Å². The summed E-state index contributed by atoms with van der Waals surface area (Å²) in [5.74, 6) is 1.77. The lowest BCUT2D eigenvalue weighted by Gasteiger charge is -2.28. The van der Waals surface area contributed by atoms with Crippen LogP contribution in [0.3, 0.4) is 0 Å². The number of ether oxygens (including phenoxy) is 1. The van der Waals surface area contributed by atoms with Crippen LogP contribution in [0, 0.1) is 12.8 Å². The van der Waals surface area contributed by atoms with Crippen LogP contribution in [0.1, 0.15) is 56.7 Å². The van der Waals surface area contributed by atoms with Crippen molar-refractivity contribution in [2.75, 3.05) is 0 Å². The SMILES string of the molecule is Cc1ccc([C@@H](C)N)c(OC2CCCC(C)C2)c1. The van der Waals surface area contributed by atoms with Gasteiger partial charge in [0.25, 0.3) is 0 Å². The highest BCUT2D eigenvalue weighted by Gasteiger charge is 2.21. The summed E-state index contributed by atoms with van der Waals surface area (Å²) in [7, 11) is 0. The summed E-state index contributed by atoms with van der Waals surface area (Å²) in [6.45, 7) is 6.43. The Morgan fingerprint density at radius 3 is 2.78 bits per heavy atom. The van der Waals surface area contributed by atoms with Gasteiger partial charge >= 0.3 is 0 Å². The van der Waals surface area contributed by atoms with Crippen LogP contribution in [0.5, 0.6) is 5.75 Å². The molecule has 0 spiro atoms. The van der Waals surface area contributed by atoms with Crippen LogP contribution in [0.4, 0.5) is 0 Å². The van der Waals surface area contributed by atoms with Crippen LogP contribution in [0.25, 0.3) is 0 Å². The molecule has 18 heavy (non-hydrogen) atoms. The molecule has 0 aliphatic heterocycles. The second kappa shape index (κ2) is 5.75. The predicted molar refractivity (Wildman–Crippen MR) is 75.8 cm³/mol. The normalized spacial score (nSPS) is 25.8. The van der Waals surface area contributed by atoms with Crippen LogP contribution in [-0.4, -0.2) is 6.10 Å². The number of benzene rings is 1. The molecule has 1 aromatic rings. The smallest absolute Gasteiger partial charge is 0.124 e. The van der Waals surface area contributed by atoms with Gasteiger partial charge in [0.1, 0.15) is 5.75 Å². The molecular weight excluding hydrogens is 222 g/mol. The molecule has 0 radical (unpaired) electrons. The van der Waals surface area contributed by atoms with E-state index < -0.39 is 0 Å². The summed E-state index contributed by atoms with van der Waals surface area (Å²) in [5, 5.41) is 0. The van der Waals surface area contributed by atoms with Gasteiger partial charge in [-0.15, -0.1) is 0 Å². The summed E-state index contributed by atoms with van der Waals surface area (Å²) in [6, 6.07) is 6.36. The number of hydrogen-bond donors (Lipinski definition) is 1. The van der Waals surface area contributed by atoms with Gasteiger partial charge in [-0.3, -0.25) is 0 Å². The Morgan fingerprint density at radius 2 is 2.11 bits per heavy atom. The number of nitrogens with two attached hydrogens (primary N) is 1. The first kappa shape index (κ1) is 13.4. The minimum absolute atomic E-state index is 0.0293. The van der Waals surface area contributed by atoms with Crippen molar-refractivity contribution in [3.8, 4) is 5.75 Å². The summed E-state index contributed by atoms with van der Waals surface area (Å²) in [4.78, 5) is 0.